The molecule has 0 aliphatic rings. The van der Waals surface area contributed by atoms with Crippen LogP contribution in [0.2, 0.25) is 0 Å². The minimum atomic E-state index is -1.51. The highest BCUT2D eigenvalue weighted by molar-refractivity contribution is 5.96. The average Bonchev–Trinajstić information content (AvgIpc) is 2.63. The molecular formula is C16H30N6O7. The van der Waals surface area contributed by atoms with E-state index < -0.39 is 66.8 Å². The normalized spacial score (nSPS) is 14.8. The van der Waals surface area contributed by atoms with Gasteiger partial charge in [-0.1, -0.05) is 0 Å². The molecule has 4 atom stereocenters. The molecule has 13 heteroatoms. The fraction of sp³-hybridized carbons (Fsp3) is 0.688. The highest BCUT2D eigenvalue weighted by Gasteiger charge is 2.30. The van der Waals surface area contributed by atoms with E-state index in [0.29, 0.717) is 19.4 Å². The summed E-state index contributed by atoms with van der Waals surface area (Å²) in [5.74, 6) is -4.83. The Balaban J connectivity index is 5.09. The van der Waals surface area contributed by atoms with Crippen LogP contribution in [-0.4, -0.2) is 77.1 Å². The molecule has 0 aliphatic heterocycles. The molecule has 29 heavy (non-hydrogen) atoms. The number of carbonyl (C=O) groups is 5. The summed E-state index contributed by atoms with van der Waals surface area (Å²) in [5, 5.41) is 25.2. The van der Waals surface area contributed by atoms with Crippen molar-refractivity contribution in [1.82, 2.24) is 16.0 Å². The molecule has 11 N–H and O–H groups in total. The molecule has 0 aromatic carbocycles. The van der Waals surface area contributed by atoms with E-state index in [4.69, 9.17) is 17.2 Å². The van der Waals surface area contributed by atoms with Gasteiger partial charge in [0.1, 0.15) is 18.1 Å². The smallest absolute Gasteiger partial charge is 0.326 e. The van der Waals surface area contributed by atoms with Gasteiger partial charge >= 0.3 is 5.97 Å². The Labute approximate surface area is 167 Å². The van der Waals surface area contributed by atoms with Gasteiger partial charge in [0.2, 0.25) is 23.6 Å². The maximum Gasteiger partial charge on any atom is 0.326 e. The number of rotatable bonds is 14. The molecule has 0 aromatic heterocycles. The van der Waals surface area contributed by atoms with E-state index in [0.717, 1.165) is 0 Å². The second-order valence-corrected chi connectivity index (χ2v) is 6.45. The van der Waals surface area contributed by atoms with Gasteiger partial charge in [-0.15, -0.1) is 0 Å². The molecule has 0 spiro atoms. The summed E-state index contributed by atoms with van der Waals surface area (Å²) in [7, 11) is 0. The first kappa shape index (κ1) is 26.2. The first-order valence-electron chi connectivity index (χ1n) is 9.02. The lowest BCUT2D eigenvalue weighted by molar-refractivity contribution is -0.143. The minimum absolute atomic E-state index is 0.110. The van der Waals surface area contributed by atoms with E-state index in [1.165, 1.54) is 6.92 Å². The van der Waals surface area contributed by atoms with Crippen molar-refractivity contribution in [2.75, 3.05) is 13.2 Å². The Kier molecular flexibility index (Phi) is 12.1. The van der Waals surface area contributed by atoms with Gasteiger partial charge in [0.15, 0.2) is 0 Å². The Morgan fingerprint density at radius 1 is 0.897 bits per heavy atom. The van der Waals surface area contributed by atoms with E-state index in [9.17, 15) is 34.2 Å². The van der Waals surface area contributed by atoms with Gasteiger partial charge in [0.05, 0.1) is 19.1 Å². The predicted molar refractivity (Wildman–Crippen MR) is 101 cm³/mol. The topological polar surface area (TPSA) is 240 Å². The van der Waals surface area contributed by atoms with Crippen LogP contribution in [0.5, 0.6) is 0 Å². The fourth-order valence-electron chi connectivity index (χ4n) is 2.20. The van der Waals surface area contributed by atoms with Crippen molar-refractivity contribution in [3.63, 3.8) is 0 Å². The highest BCUT2D eigenvalue weighted by Crippen LogP contribution is 2.02. The minimum Gasteiger partial charge on any atom is -0.480 e. The van der Waals surface area contributed by atoms with E-state index in [2.05, 4.69) is 16.0 Å². The van der Waals surface area contributed by atoms with Gasteiger partial charge in [0, 0.05) is 0 Å². The first-order valence-corrected chi connectivity index (χ1v) is 9.02. The molecule has 0 saturated carbocycles. The standard InChI is InChI=1S/C16H30N6O7/c1-8(18)13(25)21-10(6-12(19)24)14(26)22-11(7-23)15(27)20-9(16(28)29)4-2-3-5-17/h8-11,23H,2-7,17-18H2,1H3,(H2,19,24)(H,20,27)(H,21,25)(H,22,26)(H,28,29). The lowest BCUT2D eigenvalue weighted by Gasteiger charge is -2.23. The zero-order valence-corrected chi connectivity index (χ0v) is 16.2. The van der Waals surface area contributed by atoms with E-state index >= 15 is 0 Å². The van der Waals surface area contributed by atoms with Crippen molar-refractivity contribution in [2.24, 2.45) is 17.2 Å². The molecular weight excluding hydrogens is 388 g/mol. The monoisotopic (exact) mass is 418 g/mol. The van der Waals surface area contributed by atoms with Crippen LogP contribution in [0.4, 0.5) is 0 Å². The molecule has 4 amide bonds. The zero-order chi connectivity index (χ0) is 22.6. The number of carboxylic acid groups (broad SMARTS) is 1. The first-order chi connectivity index (χ1) is 13.5. The van der Waals surface area contributed by atoms with Crippen LogP contribution in [-0.2, 0) is 24.0 Å². The Bertz CT molecular complexity index is 598. The summed E-state index contributed by atoms with van der Waals surface area (Å²) in [5.41, 5.74) is 15.8. The fourth-order valence-corrected chi connectivity index (χ4v) is 2.20. The number of amides is 4. The molecule has 0 aliphatic carbocycles. The van der Waals surface area contributed by atoms with Crippen LogP contribution < -0.4 is 33.2 Å². The van der Waals surface area contributed by atoms with E-state index in [-0.39, 0.29) is 6.42 Å². The molecule has 4 unspecified atom stereocenters. The number of nitrogens with one attached hydrogen (secondary N) is 3. The average molecular weight is 418 g/mol. The van der Waals surface area contributed by atoms with Crippen LogP contribution >= 0.6 is 0 Å². The van der Waals surface area contributed by atoms with Gasteiger partial charge in [0.25, 0.3) is 0 Å². The largest absolute Gasteiger partial charge is 0.480 e. The lowest BCUT2D eigenvalue weighted by Crippen LogP contribution is -2.58. The molecule has 0 fully saturated rings. The molecule has 0 saturated heterocycles. The number of nitrogens with two attached hydrogens (primary N) is 3. The predicted octanol–water partition coefficient (Wildman–Crippen LogP) is -4.13. The molecule has 0 aromatic rings. The quantitative estimate of drug-likeness (QED) is 0.128. The van der Waals surface area contributed by atoms with Crippen LogP contribution in [0.1, 0.15) is 32.6 Å². The van der Waals surface area contributed by atoms with Gasteiger partial charge in [-0.3, -0.25) is 19.2 Å². The van der Waals surface area contributed by atoms with Crippen molar-refractivity contribution in [1.29, 1.82) is 0 Å². The number of hydrogen-bond donors (Lipinski definition) is 8. The third kappa shape index (κ3) is 10.4. The van der Waals surface area contributed by atoms with Gasteiger partial charge in [-0.25, -0.2) is 4.79 Å². The van der Waals surface area contributed by atoms with E-state index in [1.54, 1.807) is 0 Å². The van der Waals surface area contributed by atoms with Crippen molar-refractivity contribution < 1.29 is 34.2 Å². The van der Waals surface area contributed by atoms with E-state index in [1.807, 2.05) is 0 Å². The SMILES string of the molecule is CC(N)C(=O)NC(CC(N)=O)C(=O)NC(CO)C(=O)NC(CCCCN)C(=O)O. The number of aliphatic hydroxyl groups is 1. The maximum atomic E-state index is 12.3. The third-order valence-electron chi connectivity index (χ3n) is 3.83. The zero-order valence-electron chi connectivity index (χ0n) is 16.2. The highest BCUT2D eigenvalue weighted by atomic mass is 16.4. The summed E-state index contributed by atoms with van der Waals surface area (Å²) in [6, 6.07) is -5.15. The van der Waals surface area contributed by atoms with Crippen LogP contribution in [0.3, 0.4) is 0 Å². The molecule has 13 nitrogen and oxygen atoms in total. The van der Waals surface area contributed by atoms with Crippen LogP contribution in [0, 0.1) is 0 Å². The number of aliphatic hydroxyl groups excluding tert-OH is 1. The summed E-state index contributed by atoms with van der Waals surface area (Å²) in [6.45, 7) is 0.872. The number of carbonyl (C=O) groups excluding carboxylic acids is 4. The summed E-state index contributed by atoms with van der Waals surface area (Å²) >= 11 is 0. The van der Waals surface area contributed by atoms with Crippen molar-refractivity contribution in [2.45, 2.75) is 56.8 Å². The number of unbranched alkanes of at least 4 members (excludes halogenated alkanes) is 1. The van der Waals surface area contributed by atoms with Gasteiger partial charge < -0.3 is 43.4 Å². The lowest BCUT2D eigenvalue weighted by atomic mass is 10.1. The van der Waals surface area contributed by atoms with Crippen molar-refractivity contribution in [3.05, 3.63) is 0 Å². The maximum absolute atomic E-state index is 12.3. The molecule has 0 radical (unpaired) electrons. The summed E-state index contributed by atoms with van der Waals surface area (Å²) in [6.07, 6.45) is 0.557. The molecule has 0 heterocycles. The number of primary amides is 1. The van der Waals surface area contributed by atoms with Crippen LogP contribution in [0.25, 0.3) is 0 Å². The molecule has 0 rings (SSSR count). The third-order valence-corrected chi connectivity index (χ3v) is 3.83. The van der Waals surface area contributed by atoms with Crippen LogP contribution in [0.15, 0.2) is 0 Å². The van der Waals surface area contributed by atoms with Gasteiger partial charge in [-0.2, -0.15) is 0 Å². The molecule has 0 bridgehead atoms. The van der Waals surface area contributed by atoms with Crippen molar-refractivity contribution >= 4 is 29.6 Å². The second kappa shape index (κ2) is 13.4. The molecule has 166 valence electrons. The van der Waals surface area contributed by atoms with Gasteiger partial charge in [-0.05, 0) is 32.7 Å². The summed E-state index contributed by atoms with van der Waals surface area (Å²) < 4.78 is 0. The Morgan fingerprint density at radius 3 is 1.86 bits per heavy atom. The Morgan fingerprint density at radius 2 is 1.41 bits per heavy atom. The number of hydrogen-bond acceptors (Lipinski definition) is 8. The number of carboxylic acids is 1. The summed E-state index contributed by atoms with van der Waals surface area (Å²) in [4.78, 5) is 58.7. The number of aliphatic carboxylic acids is 1. The van der Waals surface area contributed by atoms with Crippen molar-refractivity contribution in [3.8, 4) is 0 Å². The Hall–Kier alpha value is -2.77. The second-order valence-electron chi connectivity index (χ2n) is 6.45.